The molecule has 2 atom stereocenters. The van der Waals surface area contributed by atoms with Crippen molar-refractivity contribution in [3.05, 3.63) is 71.8 Å². The first kappa shape index (κ1) is 21.0. The van der Waals surface area contributed by atoms with Crippen LogP contribution in [0.4, 0.5) is 0 Å². The molecule has 2 aliphatic rings. The molecule has 0 unspecified atom stereocenters. The molecule has 2 heterocycles. The first-order chi connectivity index (χ1) is 14.7. The maximum absolute atomic E-state index is 13.2. The van der Waals surface area contributed by atoms with Gasteiger partial charge >= 0.3 is 0 Å². The smallest absolute Gasteiger partial charge is 0.237 e. The number of nitrogens with one attached hydrogen (secondary N) is 1. The molecule has 30 heavy (non-hydrogen) atoms. The van der Waals surface area contributed by atoms with Crippen molar-refractivity contribution in [2.75, 3.05) is 39.3 Å². The van der Waals surface area contributed by atoms with Crippen molar-refractivity contribution in [1.29, 1.82) is 0 Å². The Morgan fingerprint density at radius 1 is 1.00 bits per heavy atom. The molecule has 2 saturated heterocycles. The number of rotatable bonds is 7. The summed E-state index contributed by atoms with van der Waals surface area (Å²) in [4.78, 5) is 18.0. The predicted molar refractivity (Wildman–Crippen MR) is 119 cm³/mol. The topological polar surface area (TPSA) is 44.8 Å². The van der Waals surface area contributed by atoms with Crippen LogP contribution in [0.15, 0.2) is 60.7 Å². The van der Waals surface area contributed by atoms with Crippen molar-refractivity contribution >= 4 is 5.91 Å². The first-order valence-corrected chi connectivity index (χ1v) is 11.2. The maximum atomic E-state index is 13.2. The SMILES string of the molecule is C[C@@H](C(=O)NC(c1ccccc1)c1ccccc1)N1CCN(C[C@H]2CCCO2)CC1. The number of ether oxygens (including phenoxy) is 1. The monoisotopic (exact) mass is 407 g/mol. The summed E-state index contributed by atoms with van der Waals surface area (Å²) in [6.07, 6.45) is 2.76. The summed E-state index contributed by atoms with van der Waals surface area (Å²) < 4.78 is 5.78. The van der Waals surface area contributed by atoms with Gasteiger partial charge in [-0.2, -0.15) is 0 Å². The van der Waals surface area contributed by atoms with Crippen molar-refractivity contribution in [3.8, 4) is 0 Å². The van der Waals surface area contributed by atoms with Gasteiger partial charge in [0.25, 0.3) is 0 Å². The van der Waals surface area contributed by atoms with Crippen LogP contribution in [0.5, 0.6) is 0 Å². The second-order valence-electron chi connectivity index (χ2n) is 8.41. The highest BCUT2D eigenvalue weighted by molar-refractivity contribution is 5.82. The van der Waals surface area contributed by atoms with Crippen LogP contribution in [0.3, 0.4) is 0 Å². The van der Waals surface area contributed by atoms with Crippen LogP contribution in [0.2, 0.25) is 0 Å². The van der Waals surface area contributed by atoms with Gasteiger partial charge < -0.3 is 10.1 Å². The van der Waals surface area contributed by atoms with Crippen LogP contribution in [0.25, 0.3) is 0 Å². The lowest BCUT2D eigenvalue weighted by molar-refractivity contribution is -0.127. The second-order valence-corrected chi connectivity index (χ2v) is 8.41. The van der Waals surface area contributed by atoms with Gasteiger partial charge in [0.15, 0.2) is 0 Å². The number of hydrogen-bond donors (Lipinski definition) is 1. The zero-order valence-electron chi connectivity index (χ0n) is 17.9. The summed E-state index contributed by atoms with van der Waals surface area (Å²) in [5.41, 5.74) is 2.20. The fourth-order valence-corrected chi connectivity index (χ4v) is 4.49. The highest BCUT2D eigenvalue weighted by Gasteiger charge is 2.29. The third kappa shape index (κ3) is 5.28. The zero-order chi connectivity index (χ0) is 20.8. The van der Waals surface area contributed by atoms with Gasteiger partial charge in [-0.3, -0.25) is 14.6 Å². The lowest BCUT2D eigenvalue weighted by atomic mass is 9.98. The van der Waals surface area contributed by atoms with Crippen LogP contribution in [-0.2, 0) is 9.53 Å². The fraction of sp³-hybridized carbons (Fsp3) is 0.480. The van der Waals surface area contributed by atoms with Gasteiger partial charge in [0.1, 0.15) is 0 Å². The van der Waals surface area contributed by atoms with E-state index in [1.54, 1.807) is 0 Å². The number of nitrogens with zero attached hydrogens (tertiary/aromatic N) is 2. The van der Waals surface area contributed by atoms with E-state index in [0.29, 0.717) is 6.10 Å². The third-order valence-corrected chi connectivity index (χ3v) is 6.37. The molecule has 0 bridgehead atoms. The van der Waals surface area contributed by atoms with E-state index in [1.165, 1.54) is 12.8 Å². The number of carbonyl (C=O) groups is 1. The molecule has 0 spiro atoms. The van der Waals surface area contributed by atoms with Gasteiger partial charge in [0, 0.05) is 39.3 Å². The molecule has 0 aliphatic carbocycles. The molecular weight excluding hydrogens is 374 g/mol. The molecule has 160 valence electrons. The average molecular weight is 408 g/mol. The van der Waals surface area contributed by atoms with Gasteiger partial charge in [-0.25, -0.2) is 0 Å². The van der Waals surface area contributed by atoms with E-state index in [4.69, 9.17) is 4.74 Å². The quantitative estimate of drug-likeness (QED) is 0.766. The molecule has 5 heteroatoms. The third-order valence-electron chi connectivity index (χ3n) is 6.37. The van der Waals surface area contributed by atoms with Crippen molar-refractivity contribution < 1.29 is 9.53 Å². The maximum Gasteiger partial charge on any atom is 0.237 e. The highest BCUT2D eigenvalue weighted by Crippen LogP contribution is 2.22. The minimum atomic E-state index is -0.148. The molecule has 2 aromatic carbocycles. The van der Waals surface area contributed by atoms with E-state index in [9.17, 15) is 4.79 Å². The Hall–Kier alpha value is -2.21. The number of amides is 1. The zero-order valence-corrected chi connectivity index (χ0v) is 17.9. The molecule has 2 aromatic rings. The fourth-order valence-electron chi connectivity index (χ4n) is 4.49. The molecule has 2 fully saturated rings. The van der Waals surface area contributed by atoms with E-state index < -0.39 is 0 Å². The summed E-state index contributed by atoms with van der Waals surface area (Å²) in [6.45, 7) is 7.80. The summed E-state index contributed by atoms with van der Waals surface area (Å²) in [5.74, 6) is 0.0836. The normalized spacial score (nSPS) is 21.6. The average Bonchev–Trinajstić information content (AvgIpc) is 3.31. The summed E-state index contributed by atoms with van der Waals surface area (Å²) in [7, 11) is 0. The van der Waals surface area contributed by atoms with E-state index in [-0.39, 0.29) is 18.0 Å². The standard InChI is InChI=1S/C25H33N3O2/c1-20(28-16-14-27(15-17-28)19-23-13-8-18-30-23)25(29)26-24(21-9-4-2-5-10-21)22-11-6-3-7-12-22/h2-7,9-12,20,23-24H,8,13-19H2,1H3,(H,26,29)/t20-,23+/m0/s1. The Bertz CT molecular complexity index is 745. The van der Waals surface area contributed by atoms with Gasteiger partial charge in [-0.1, -0.05) is 60.7 Å². The first-order valence-electron chi connectivity index (χ1n) is 11.2. The molecule has 0 saturated carbocycles. The summed E-state index contributed by atoms with van der Waals surface area (Å²) >= 11 is 0. The molecule has 1 N–H and O–H groups in total. The van der Waals surface area contributed by atoms with Crippen LogP contribution in [-0.4, -0.2) is 67.2 Å². The molecule has 0 radical (unpaired) electrons. The number of hydrogen-bond acceptors (Lipinski definition) is 4. The Morgan fingerprint density at radius 2 is 1.60 bits per heavy atom. The van der Waals surface area contributed by atoms with Crippen LogP contribution in [0.1, 0.15) is 36.9 Å². The van der Waals surface area contributed by atoms with Gasteiger partial charge in [0.05, 0.1) is 18.2 Å². The van der Waals surface area contributed by atoms with E-state index in [0.717, 1.165) is 50.5 Å². The molecule has 2 aliphatic heterocycles. The second kappa shape index (κ2) is 10.2. The van der Waals surface area contributed by atoms with Crippen LogP contribution >= 0.6 is 0 Å². The largest absolute Gasteiger partial charge is 0.377 e. The summed E-state index contributed by atoms with van der Waals surface area (Å²) in [5, 5.41) is 3.30. The van der Waals surface area contributed by atoms with E-state index >= 15 is 0 Å². The minimum absolute atomic E-state index is 0.0836. The lowest BCUT2D eigenvalue weighted by Crippen LogP contribution is -2.55. The Balaban J connectivity index is 1.35. The van der Waals surface area contributed by atoms with Crippen LogP contribution < -0.4 is 5.32 Å². The minimum Gasteiger partial charge on any atom is -0.377 e. The lowest BCUT2D eigenvalue weighted by Gasteiger charge is -2.38. The molecule has 4 rings (SSSR count). The Morgan fingerprint density at radius 3 is 2.13 bits per heavy atom. The van der Waals surface area contributed by atoms with E-state index in [2.05, 4.69) is 39.4 Å². The van der Waals surface area contributed by atoms with Crippen molar-refractivity contribution in [3.63, 3.8) is 0 Å². The van der Waals surface area contributed by atoms with Gasteiger partial charge in [-0.15, -0.1) is 0 Å². The predicted octanol–water partition coefficient (Wildman–Crippen LogP) is 3.08. The molecule has 5 nitrogen and oxygen atoms in total. The van der Waals surface area contributed by atoms with Crippen molar-refractivity contribution in [2.24, 2.45) is 0 Å². The number of piperazine rings is 1. The Labute approximate surface area is 180 Å². The molecule has 1 amide bonds. The molecule has 0 aromatic heterocycles. The van der Waals surface area contributed by atoms with Gasteiger partial charge in [-0.05, 0) is 30.9 Å². The number of benzene rings is 2. The highest BCUT2D eigenvalue weighted by atomic mass is 16.5. The Kier molecular flexibility index (Phi) is 7.16. The van der Waals surface area contributed by atoms with Gasteiger partial charge in [0.2, 0.25) is 5.91 Å². The van der Waals surface area contributed by atoms with Crippen molar-refractivity contribution in [2.45, 2.75) is 38.0 Å². The van der Waals surface area contributed by atoms with Crippen molar-refractivity contribution in [1.82, 2.24) is 15.1 Å². The summed E-state index contributed by atoms with van der Waals surface area (Å²) in [6, 6.07) is 20.1. The van der Waals surface area contributed by atoms with E-state index in [1.807, 2.05) is 43.3 Å². The van der Waals surface area contributed by atoms with Crippen LogP contribution in [0, 0.1) is 0 Å². The number of carbonyl (C=O) groups excluding carboxylic acids is 1. The molecular formula is C25H33N3O2.